The van der Waals surface area contributed by atoms with Crippen LogP contribution in [0.4, 0.5) is 0 Å². The maximum Gasteiger partial charge on any atom is 0.189 e. The maximum absolute atomic E-state index is 6.31. The van der Waals surface area contributed by atoms with E-state index in [1.165, 1.54) is 0 Å². The third kappa shape index (κ3) is 2.88. The highest BCUT2D eigenvalue weighted by molar-refractivity contribution is 6.31. The van der Waals surface area contributed by atoms with Gasteiger partial charge in [-0.2, -0.15) is 0 Å². The summed E-state index contributed by atoms with van der Waals surface area (Å²) in [4.78, 5) is 4.53. The molecule has 1 heterocycles. The summed E-state index contributed by atoms with van der Waals surface area (Å²) in [5, 5.41) is 3.94. The van der Waals surface area contributed by atoms with Gasteiger partial charge in [0.05, 0.1) is 19.2 Å². The zero-order chi connectivity index (χ0) is 15.5. The summed E-state index contributed by atoms with van der Waals surface area (Å²) >= 11 is 6.31. The molecule has 2 aromatic carbocycles. The Kier molecular flexibility index (Phi) is 4.20. The Hall–Kier alpha value is -2.20. The molecule has 4 nitrogen and oxygen atoms in total. The summed E-state index contributed by atoms with van der Waals surface area (Å²) < 4.78 is 5.44. The standard InChI is InChI=1S/C17H18ClN3O/c1-22-16-9-5-3-7-12(16)15-10-14(20-17(19)21-15)11-6-2-4-8-13(11)18/h2-9,14-15H,10H2,1H3,(H3,19,20,21). The minimum absolute atomic E-state index is 0.0288. The molecular formula is C17H18ClN3O. The Bertz CT molecular complexity index is 702. The molecule has 0 bridgehead atoms. The predicted molar refractivity (Wildman–Crippen MR) is 89.3 cm³/mol. The minimum atomic E-state index is -0.0568. The van der Waals surface area contributed by atoms with Gasteiger partial charge < -0.3 is 15.8 Å². The molecule has 0 amide bonds. The Balaban J connectivity index is 1.94. The van der Waals surface area contributed by atoms with Gasteiger partial charge in [0.1, 0.15) is 5.75 Å². The second-order valence-electron chi connectivity index (χ2n) is 5.23. The van der Waals surface area contributed by atoms with Crippen LogP contribution < -0.4 is 15.8 Å². The molecule has 0 aliphatic carbocycles. The first kappa shape index (κ1) is 14.7. The second-order valence-corrected chi connectivity index (χ2v) is 5.63. The number of methoxy groups -OCH3 is 1. The minimum Gasteiger partial charge on any atom is -0.496 e. The molecule has 0 spiro atoms. The SMILES string of the molecule is COc1ccccc1C1CC(c2ccccc2Cl)NC(N)=N1. The number of nitrogens with zero attached hydrogens (tertiary/aromatic N) is 1. The quantitative estimate of drug-likeness (QED) is 0.912. The molecule has 3 rings (SSSR count). The van der Waals surface area contributed by atoms with E-state index in [4.69, 9.17) is 22.1 Å². The van der Waals surface area contributed by atoms with Crippen molar-refractivity contribution in [2.24, 2.45) is 10.7 Å². The van der Waals surface area contributed by atoms with Gasteiger partial charge in [-0.1, -0.05) is 48.0 Å². The van der Waals surface area contributed by atoms with E-state index in [-0.39, 0.29) is 12.1 Å². The van der Waals surface area contributed by atoms with Crippen molar-refractivity contribution in [3.8, 4) is 5.75 Å². The molecule has 1 aliphatic heterocycles. The predicted octanol–water partition coefficient (Wildman–Crippen LogP) is 3.44. The summed E-state index contributed by atoms with van der Waals surface area (Å²) in [5.41, 5.74) is 8.05. The van der Waals surface area contributed by atoms with Crippen LogP contribution >= 0.6 is 11.6 Å². The lowest BCUT2D eigenvalue weighted by molar-refractivity contribution is 0.397. The lowest BCUT2D eigenvalue weighted by Crippen LogP contribution is -2.39. The lowest BCUT2D eigenvalue weighted by Gasteiger charge is -2.29. The molecule has 0 radical (unpaired) electrons. The van der Waals surface area contributed by atoms with Crippen LogP contribution in [0.5, 0.6) is 5.75 Å². The monoisotopic (exact) mass is 315 g/mol. The Morgan fingerprint density at radius 3 is 2.55 bits per heavy atom. The second kappa shape index (κ2) is 6.28. The van der Waals surface area contributed by atoms with Crippen LogP contribution in [-0.4, -0.2) is 13.1 Å². The number of hydrogen-bond acceptors (Lipinski definition) is 4. The number of para-hydroxylation sites is 1. The highest BCUT2D eigenvalue weighted by Gasteiger charge is 2.27. The van der Waals surface area contributed by atoms with E-state index in [0.29, 0.717) is 5.96 Å². The molecule has 5 heteroatoms. The third-order valence-corrected chi connectivity index (χ3v) is 4.20. The Morgan fingerprint density at radius 1 is 1.14 bits per heavy atom. The van der Waals surface area contributed by atoms with Gasteiger partial charge in [-0.25, -0.2) is 4.99 Å². The van der Waals surface area contributed by atoms with E-state index in [2.05, 4.69) is 10.3 Å². The smallest absolute Gasteiger partial charge is 0.189 e. The van der Waals surface area contributed by atoms with Crippen molar-refractivity contribution in [3.05, 3.63) is 64.7 Å². The van der Waals surface area contributed by atoms with Gasteiger partial charge in [0.25, 0.3) is 0 Å². The average Bonchev–Trinajstić information content (AvgIpc) is 2.54. The number of nitrogens with one attached hydrogen (secondary N) is 1. The van der Waals surface area contributed by atoms with Crippen LogP contribution in [0.15, 0.2) is 53.5 Å². The van der Waals surface area contributed by atoms with Gasteiger partial charge in [-0.3, -0.25) is 0 Å². The first-order valence-corrected chi connectivity index (χ1v) is 7.54. The zero-order valence-electron chi connectivity index (χ0n) is 12.3. The lowest BCUT2D eigenvalue weighted by atomic mass is 9.93. The van der Waals surface area contributed by atoms with E-state index in [0.717, 1.165) is 28.3 Å². The molecule has 114 valence electrons. The van der Waals surface area contributed by atoms with Crippen molar-refractivity contribution in [3.63, 3.8) is 0 Å². The fraction of sp³-hybridized carbons (Fsp3) is 0.235. The summed E-state index contributed by atoms with van der Waals surface area (Å²) in [6.07, 6.45) is 0.769. The number of guanidine groups is 1. The molecule has 2 unspecified atom stereocenters. The number of aliphatic imine (C=N–C) groups is 1. The van der Waals surface area contributed by atoms with Gasteiger partial charge in [-0.05, 0) is 24.1 Å². The van der Waals surface area contributed by atoms with E-state index < -0.39 is 0 Å². The fourth-order valence-corrected chi connectivity index (χ4v) is 3.09. The van der Waals surface area contributed by atoms with Crippen molar-refractivity contribution in [1.82, 2.24) is 5.32 Å². The van der Waals surface area contributed by atoms with Crippen molar-refractivity contribution < 1.29 is 4.74 Å². The van der Waals surface area contributed by atoms with Crippen LogP contribution in [-0.2, 0) is 0 Å². The summed E-state index contributed by atoms with van der Waals surface area (Å²) in [6.45, 7) is 0. The molecule has 0 fully saturated rings. The van der Waals surface area contributed by atoms with Crippen molar-refractivity contribution in [2.75, 3.05) is 7.11 Å². The molecule has 2 aromatic rings. The van der Waals surface area contributed by atoms with Crippen LogP contribution in [0.3, 0.4) is 0 Å². The van der Waals surface area contributed by atoms with Gasteiger partial charge >= 0.3 is 0 Å². The normalized spacial score (nSPS) is 20.9. The van der Waals surface area contributed by atoms with Crippen molar-refractivity contribution in [1.29, 1.82) is 0 Å². The number of benzene rings is 2. The van der Waals surface area contributed by atoms with Gasteiger partial charge in [0.15, 0.2) is 5.96 Å². The van der Waals surface area contributed by atoms with Gasteiger partial charge in [0, 0.05) is 10.6 Å². The summed E-state index contributed by atoms with van der Waals surface area (Å²) in [5.74, 6) is 1.25. The molecule has 2 atom stereocenters. The van der Waals surface area contributed by atoms with Crippen LogP contribution in [0.1, 0.15) is 29.6 Å². The van der Waals surface area contributed by atoms with Gasteiger partial charge in [0.2, 0.25) is 0 Å². The van der Waals surface area contributed by atoms with Crippen LogP contribution in [0.25, 0.3) is 0 Å². The van der Waals surface area contributed by atoms with Crippen LogP contribution in [0, 0.1) is 0 Å². The number of rotatable bonds is 3. The summed E-state index contributed by atoms with van der Waals surface area (Å²) in [7, 11) is 1.67. The molecule has 0 saturated carbocycles. The van der Waals surface area contributed by atoms with E-state index in [9.17, 15) is 0 Å². The molecule has 1 aliphatic rings. The number of halogens is 1. The number of nitrogens with two attached hydrogens (primary N) is 1. The largest absolute Gasteiger partial charge is 0.496 e. The van der Waals surface area contributed by atoms with Crippen LogP contribution in [0.2, 0.25) is 5.02 Å². The topological polar surface area (TPSA) is 59.6 Å². The molecule has 0 aromatic heterocycles. The van der Waals surface area contributed by atoms with Gasteiger partial charge in [-0.15, -0.1) is 0 Å². The average molecular weight is 316 g/mol. The number of ether oxygens (including phenoxy) is 1. The highest BCUT2D eigenvalue weighted by Crippen LogP contribution is 2.37. The molecular weight excluding hydrogens is 298 g/mol. The van der Waals surface area contributed by atoms with E-state index >= 15 is 0 Å². The molecule has 0 saturated heterocycles. The number of hydrogen-bond donors (Lipinski definition) is 2. The third-order valence-electron chi connectivity index (χ3n) is 3.85. The highest BCUT2D eigenvalue weighted by atomic mass is 35.5. The van der Waals surface area contributed by atoms with E-state index in [1.807, 2.05) is 48.5 Å². The first-order valence-electron chi connectivity index (χ1n) is 7.16. The van der Waals surface area contributed by atoms with Crippen molar-refractivity contribution >= 4 is 17.6 Å². The Labute approximate surface area is 135 Å². The first-order chi connectivity index (χ1) is 10.7. The Morgan fingerprint density at radius 2 is 1.82 bits per heavy atom. The molecule has 22 heavy (non-hydrogen) atoms. The van der Waals surface area contributed by atoms with Crippen molar-refractivity contribution in [2.45, 2.75) is 18.5 Å². The fourth-order valence-electron chi connectivity index (χ4n) is 2.82. The zero-order valence-corrected chi connectivity index (χ0v) is 13.0. The molecule has 3 N–H and O–H groups in total. The summed E-state index contributed by atoms with van der Waals surface area (Å²) in [6, 6.07) is 15.7. The van der Waals surface area contributed by atoms with E-state index in [1.54, 1.807) is 7.11 Å². The maximum atomic E-state index is 6.31.